The van der Waals surface area contributed by atoms with Crippen LogP contribution >= 0.6 is 0 Å². The molecule has 10 nitrogen and oxygen atoms in total. The fourth-order valence-corrected chi connectivity index (χ4v) is 4.22. The Kier molecular flexibility index (Phi) is 5.40. The number of nitrogens with two attached hydrogens (primary N) is 1. The van der Waals surface area contributed by atoms with Crippen molar-refractivity contribution >= 4 is 34.5 Å². The van der Waals surface area contributed by atoms with Gasteiger partial charge >= 0.3 is 0 Å². The Labute approximate surface area is 179 Å². The third kappa shape index (κ3) is 3.63. The number of carbonyl (C=O) groups is 2. The van der Waals surface area contributed by atoms with E-state index in [0.29, 0.717) is 48.8 Å². The number of aliphatic hydroxyl groups is 1. The zero-order valence-electron chi connectivity index (χ0n) is 17.9. The highest BCUT2D eigenvalue weighted by atomic mass is 16.3. The number of imidazole rings is 1. The van der Waals surface area contributed by atoms with Crippen LogP contribution in [0.2, 0.25) is 0 Å². The van der Waals surface area contributed by atoms with E-state index in [0.717, 1.165) is 16.9 Å². The predicted octanol–water partition coefficient (Wildman–Crippen LogP) is 1.68. The number of nitrogens with one attached hydrogen (secondary N) is 1. The second-order valence-corrected chi connectivity index (χ2v) is 7.85. The van der Waals surface area contributed by atoms with Gasteiger partial charge in [-0.15, -0.1) is 0 Å². The van der Waals surface area contributed by atoms with Gasteiger partial charge in [0.1, 0.15) is 5.69 Å². The molecule has 1 aliphatic heterocycles. The number of hydrogen-bond donors (Lipinski definition) is 3. The number of hydrogen-bond acceptors (Lipinski definition) is 6. The highest BCUT2D eigenvalue weighted by Gasteiger charge is 2.29. The Balaban J connectivity index is 1.81. The Hall–Kier alpha value is -3.40. The number of carbonyl (C=O) groups excluding carboxylic acids is 2. The maximum atomic E-state index is 13.0. The molecule has 4 rings (SSSR count). The summed E-state index contributed by atoms with van der Waals surface area (Å²) in [5.41, 5.74) is 9.36. The van der Waals surface area contributed by atoms with Crippen molar-refractivity contribution in [3.05, 3.63) is 35.2 Å². The molecule has 1 aliphatic rings. The maximum Gasteiger partial charge on any atom is 0.276 e. The lowest BCUT2D eigenvalue weighted by atomic mass is 10.1. The molecule has 0 radical (unpaired) electrons. The molecule has 0 unspecified atom stereocenters. The van der Waals surface area contributed by atoms with Crippen molar-refractivity contribution in [2.24, 2.45) is 5.73 Å². The normalized spacial score (nSPS) is 15.5. The summed E-state index contributed by atoms with van der Waals surface area (Å²) in [6.45, 7) is 7.77. The first-order valence-corrected chi connectivity index (χ1v) is 10.4. The molecule has 1 aromatic carbocycles. The summed E-state index contributed by atoms with van der Waals surface area (Å²) in [7, 11) is 0. The quantitative estimate of drug-likeness (QED) is 0.528. The molecule has 2 amide bonds. The number of benzene rings is 1. The molecule has 0 aliphatic carbocycles. The Bertz CT molecular complexity index is 1160. The predicted molar refractivity (Wildman–Crippen MR) is 117 cm³/mol. The van der Waals surface area contributed by atoms with E-state index in [1.807, 2.05) is 25.3 Å². The molecule has 0 fully saturated rings. The lowest BCUT2D eigenvalue weighted by Gasteiger charge is -2.35. The highest BCUT2D eigenvalue weighted by molar-refractivity contribution is 6.05. The molecule has 10 heteroatoms. The third-order valence-corrected chi connectivity index (χ3v) is 5.56. The van der Waals surface area contributed by atoms with Crippen LogP contribution in [0.5, 0.6) is 0 Å². The minimum absolute atomic E-state index is 0.0174. The van der Waals surface area contributed by atoms with E-state index in [-0.39, 0.29) is 18.6 Å². The van der Waals surface area contributed by atoms with E-state index < -0.39 is 5.91 Å². The first-order chi connectivity index (χ1) is 14.8. The number of rotatable bonds is 7. The smallest absolute Gasteiger partial charge is 0.276 e. The summed E-state index contributed by atoms with van der Waals surface area (Å²) in [5, 5.41) is 16.5. The number of amides is 2. The largest absolute Gasteiger partial charge is 0.396 e. The van der Waals surface area contributed by atoms with Gasteiger partial charge in [-0.3, -0.25) is 19.6 Å². The third-order valence-electron chi connectivity index (χ3n) is 5.56. The van der Waals surface area contributed by atoms with E-state index in [9.17, 15) is 14.7 Å². The van der Waals surface area contributed by atoms with Crippen LogP contribution in [0.1, 0.15) is 52.9 Å². The van der Waals surface area contributed by atoms with Crippen molar-refractivity contribution in [2.45, 2.75) is 39.8 Å². The lowest BCUT2D eigenvalue weighted by molar-refractivity contribution is 0.0996. The topological polar surface area (TPSA) is 131 Å². The lowest BCUT2D eigenvalue weighted by Crippen LogP contribution is -2.36. The second-order valence-electron chi connectivity index (χ2n) is 7.85. The molecule has 31 heavy (non-hydrogen) atoms. The van der Waals surface area contributed by atoms with Gasteiger partial charge in [0.25, 0.3) is 5.91 Å². The van der Waals surface area contributed by atoms with Crippen LogP contribution in [0.15, 0.2) is 18.2 Å². The van der Waals surface area contributed by atoms with Gasteiger partial charge in [0.2, 0.25) is 11.9 Å². The summed E-state index contributed by atoms with van der Waals surface area (Å²) >= 11 is 0. The SMILES string of the molecule is CCn1nc(C)cc1C(=O)Nc1nc2cc(C(N)=O)cc3c2n1[C@@H](C)CN3CCCO. The van der Waals surface area contributed by atoms with Gasteiger partial charge in [0.05, 0.1) is 28.5 Å². The van der Waals surface area contributed by atoms with E-state index in [2.05, 4.69) is 20.3 Å². The second kappa shape index (κ2) is 8.03. The molecule has 2 aromatic heterocycles. The van der Waals surface area contributed by atoms with E-state index in [1.165, 1.54) is 0 Å². The Morgan fingerprint density at radius 2 is 2.10 bits per heavy atom. The van der Waals surface area contributed by atoms with Gasteiger partial charge in [-0.25, -0.2) is 4.98 Å². The van der Waals surface area contributed by atoms with Gasteiger partial charge in [0, 0.05) is 31.8 Å². The first-order valence-electron chi connectivity index (χ1n) is 10.4. The van der Waals surface area contributed by atoms with Crippen LogP contribution in [0.4, 0.5) is 11.6 Å². The van der Waals surface area contributed by atoms with Crippen LogP contribution < -0.4 is 16.0 Å². The number of aliphatic hydroxyl groups excluding tert-OH is 1. The standard InChI is InChI=1S/C21H27N7O3/c1-4-27-17(8-12(2)25-27)20(31)24-21-23-15-9-14(19(22)30)10-16-18(15)28(21)13(3)11-26(16)6-5-7-29/h8-10,13,29H,4-7,11H2,1-3H3,(H2,22,30)(H,23,24,31)/t13-/m0/s1. The van der Waals surface area contributed by atoms with Crippen molar-refractivity contribution < 1.29 is 14.7 Å². The summed E-state index contributed by atoms with van der Waals surface area (Å²) in [5.74, 6) is -0.416. The van der Waals surface area contributed by atoms with E-state index in [4.69, 9.17) is 5.73 Å². The van der Waals surface area contributed by atoms with Crippen LogP contribution in [0.3, 0.4) is 0 Å². The number of primary amides is 1. The van der Waals surface area contributed by atoms with Crippen LogP contribution in [-0.2, 0) is 6.54 Å². The van der Waals surface area contributed by atoms with Crippen molar-refractivity contribution in [3.8, 4) is 0 Å². The van der Waals surface area contributed by atoms with Gasteiger partial charge in [-0.1, -0.05) is 0 Å². The van der Waals surface area contributed by atoms with Crippen LogP contribution in [0, 0.1) is 6.92 Å². The molecule has 3 aromatic rings. The fourth-order valence-electron chi connectivity index (χ4n) is 4.22. The van der Waals surface area contributed by atoms with Crippen molar-refractivity contribution in [1.29, 1.82) is 0 Å². The van der Waals surface area contributed by atoms with E-state index >= 15 is 0 Å². The molecular weight excluding hydrogens is 398 g/mol. The van der Waals surface area contributed by atoms with Crippen molar-refractivity contribution in [2.75, 3.05) is 29.9 Å². The van der Waals surface area contributed by atoms with Crippen molar-refractivity contribution in [3.63, 3.8) is 0 Å². The molecule has 164 valence electrons. The number of nitrogens with zero attached hydrogens (tertiary/aromatic N) is 5. The number of aryl methyl sites for hydroxylation is 2. The summed E-state index contributed by atoms with van der Waals surface area (Å²) < 4.78 is 3.64. The molecule has 1 atom stereocenters. The maximum absolute atomic E-state index is 13.0. The Morgan fingerprint density at radius 3 is 2.77 bits per heavy atom. The van der Waals surface area contributed by atoms with Gasteiger partial charge in [0.15, 0.2) is 0 Å². The zero-order valence-corrected chi connectivity index (χ0v) is 17.9. The fraction of sp³-hybridized carbons (Fsp3) is 0.429. The molecule has 0 saturated carbocycles. The zero-order chi connectivity index (χ0) is 22.3. The highest BCUT2D eigenvalue weighted by Crippen LogP contribution is 2.38. The minimum Gasteiger partial charge on any atom is -0.396 e. The molecule has 3 heterocycles. The average Bonchev–Trinajstić information content (AvgIpc) is 3.29. The molecule has 0 spiro atoms. The molecular formula is C21H27N7O3. The molecule has 0 bridgehead atoms. The van der Waals surface area contributed by atoms with Crippen LogP contribution in [-0.4, -0.2) is 55.9 Å². The van der Waals surface area contributed by atoms with E-state index in [1.54, 1.807) is 22.9 Å². The summed E-state index contributed by atoms with van der Waals surface area (Å²) in [4.78, 5) is 31.7. The van der Waals surface area contributed by atoms with Crippen molar-refractivity contribution in [1.82, 2.24) is 19.3 Å². The van der Waals surface area contributed by atoms with Gasteiger partial charge in [-0.2, -0.15) is 5.10 Å². The number of aromatic nitrogens is 4. The minimum atomic E-state index is -0.540. The van der Waals surface area contributed by atoms with Crippen LogP contribution in [0.25, 0.3) is 11.0 Å². The molecule has 0 saturated heterocycles. The first kappa shape index (κ1) is 20.9. The Morgan fingerprint density at radius 1 is 1.32 bits per heavy atom. The average molecular weight is 425 g/mol. The van der Waals surface area contributed by atoms with Gasteiger partial charge < -0.3 is 20.3 Å². The monoisotopic (exact) mass is 425 g/mol. The molecule has 4 N–H and O–H groups in total. The summed E-state index contributed by atoms with van der Waals surface area (Å²) in [6, 6.07) is 5.17. The number of anilines is 2. The van der Waals surface area contributed by atoms with Gasteiger partial charge in [-0.05, 0) is 45.4 Å². The summed E-state index contributed by atoms with van der Waals surface area (Å²) in [6.07, 6.45) is 0.604.